The highest BCUT2D eigenvalue weighted by molar-refractivity contribution is 6.33. The fourth-order valence-corrected chi connectivity index (χ4v) is 0.997. The molecule has 0 bridgehead atoms. The van der Waals surface area contributed by atoms with E-state index >= 15 is 0 Å². The fraction of sp³-hybridized carbons (Fsp3) is 0. The number of anilines is 1. The predicted octanol–water partition coefficient (Wildman–Crippen LogP) is 2.61. The van der Waals surface area contributed by atoms with Gasteiger partial charge in [-0.3, -0.25) is 0 Å². The smallest absolute Gasteiger partial charge is 0.315 e. The van der Waals surface area contributed by atoms with Crippen molar-refractivity contribution in [1.29, 1.82) is 0 Å². The fourth-order valence-electron chi connectivity index (χ4n) is 0.814. The minimum atomic E-state index is -0.358. The van der Waals surface area contributed by atoms with Crippen LogP contribution in [0.15, 0.2) is 37.0 Å². The summed E-state index contributed by atoms with van der Waals surface area (Å²) in [6.45, 7) is 3.36. The summed E-state index contributed by atoms with van der Waals surface area (Å²) in [5.41, 5.74) is 0.573. The topological polar surface area (TPSA) is 41.1 Å². The molecular formula is C9H9ClN2O. The Labute approximate surface area is 81.4 Å². The van der Waals surface area contributed by atoms with E-state index in [1.54, 1.807) is 24.3 Å². The molecule has 13 heavy (non-hydrogen) atoms. The molecule has 0 radical (unpaired) electrons. The maximum Gasteiger partial charge on any atom is 0.323 e. The first-order chi connectivity index (χ1) is 6.24. The zero-order valence-electron chi connectivity index (χ0n) is 6.88. The molecule has 1 aromatic carbocycles. The van der Waals surface area contributed by atoms with Crippen LogP contribution in [0.3, 0.4) is 0 Å². The lowest BCUT2D eigenvalue weighted by Gasteiger charge is -2.05. The van der Waals surface area contributed by atoms with E-state index in [-0.39, 0.29) is 6.03 Å². The molecule has 0 saturated carbocycles. The first-order valence-corrected chi connectivity index (χ1v) is 4.05. The van der Waals surface area contributed by atoms with Crippen molar-refractivity contribution in [3.8, 4) is 0 Å². The van der Waals surface area contributed by atoms with Gasteiger partial charge in [-0.2, -0.15) is 0 Å². The van der Waals surface area contributed by atoms with Crippen LogP contribution in [0, 0.1) is 0 Å². The summed E-state index contributed by atoms with van der Waals surface area (Å²) < 4.78 is 0. The summed E-state index contributed by atoms with van der Waals surface area (Å²) in [5.74, 6) is 0. The van der Waals surface area contributed by atoms with E-state index in [1.807, 2.05) is 0 Å². The molecule has 1 rings (SSSR count). The van der Waals surface area contributed by atoms with E-state index in [4.69, 9.17) is 11.6 Å². The number of amides is 2. The third-order valence-electron chi connectivity index (χ3n) is 1.36. The molecule has 0 aliphatic rings. The lowest BCUT2D eigenvalue weighted by Crippen LogP contribution is -2.23. The first kappa shape index (κ1) is 9.61. The Morgan fingerprint density at radius 1 is 1.46 bits per heavy atom. The van der Waals surface area contributed by atoms with Crippen LogP contribution in [0.4, 0.5) is 10.5 Å². The SMILES string of the molecule is C=CNC(=O)Nc1ccccc1Cl. The average molecular weight is 197 g/mol. The third-order valence-corrected chi connectivity index (χ3v) is 1.68. The standard InChI is InChI=1S/C9H9ClN2O/c1-2-11-9(13)12-8-6-4-3-5-7(8)10/h2-6H,1H2,(H2,11,12,13). The molecule has 0 unspecified atom stereocenters. The van der Waals surface area contributed by atoms with Crippen LogP contribution >= 0.6 is 11.6 Å². The van der Waals surface area contributed by atoms with Gasteiger partial charge in [-0.15, -0.1) is 0 Å². The molecule has 0 heterocycles. The van der Waals surface area contributed by atoms with Crippen molar-refractivity contribution in [2.75, 3.05) is 5.32 Å². The Balaban J connectivity index is 2.68. The summed E-state index contributed by atoms with van der Waals surface area (Å²) >= 11 is 5.80. The lowest BCUT2D eigenvalue weighted by molar-refractivity contribution is 0.255. The van der Waals surface area contributed by atoms with Crippen LogP contribution in [0.1, 0.15) is 0 Å². The molecule has 2 amide bonds. The Hall–Kier alpha value is -1.48. The monoisotopic (exact) mass is 196 g/mol. The number of carbonyl (C=O) groups is 1. The van der Waals surface area contributed by atoms with Crippen LogP contribution in [-0.2, 0) is 0 Å². The number of urea groups is 1. The van der Waals surface area contributed by atoms with E-state index in [2.05, 4.69) is 17.2 Å². The second-order valence-corrected chi connectivity index (χ2v) is 2.69. The summed E-state index contributed by atoms with van der Waals surface area (Å²) in [5, 5.41) is 5.44. The normalized spacial score (nSPS) is 9.00. The molecule has 68 valence electrons. The minimum Gasteiger partial charge on any atom is -0.315 e. The zero-order valence-corrected chi connectivity index (χ0v) is 7.64. The van der Waals surface area contributed by atoms with Crippen molar-refractivity contribution in [3.63, 3.8) is 0 Å². The number of hydrogen-bond acceptors (Lipinski definition) is 1. The molecule has 0 atom stereocenters. The maximum atomic E-state index is 11.0. The predicted molar refractivity (Wildman–Crippen MR) is 53.8 cm³/mol. The van der Waals surface area contributed by atoms with Gasteiger partial charge in [-0.1, -0.05) is 30.3 Å². The minimum absolute atomic E-state index is 0.358. The van der Waals surface area contributed by atoms with Crippen LogP contribution < -0.4 is 10.6 Å². The van der Waals surface area contributed by atoms with Gasteiger partial charge in [0.1, 0.15) is 0 Å². The van der Waals surface area contributed by atoms with Crippen molar-refractivity contribution in [3.05, 3.63) is 42.1 Å². The van der Waals surface area contributed by atoms with Crippen LogP contribution in [-0.4, -0.2) is 6.03 Å². The molecule has 0 fully saturated rings. The molecule has 0 aromatic heterocycles. The van der Waals surface area contributed by atoms with Gasteiger partial charge in [-0.05, 0) is 18.3 Å². The van der Waals surface area contributed by atoms with E-state index in [1.165, 1.54) is 6.20 Å². The average Bonchev–Trinajstić information content (AvgIpc) is 2.09. The number of rotatable bonds is 2. The zero-order chi connectivity index (χ0) is 9.68. The van der Waals surface area contributed by atoms with Gasteiger partial charge in [0.15, 0.2) is 0 Å². The Morgan fingerprint density at radius 2 is 2.15 bits per heavy atom. The van der Waals surface area contributed by atoms with Gasteiger partial charge in [0, 0.05) is 0 Å². The van der Waals surface area contributed by atoms with E-state index in [0.29, 0.717) is 10.7 Å². The molecule has 3 nitrogen and oxygen atoms in total. The van der Waals surface area contributed by atoms with E-state index in [9.17, 15) is 4.79 Å². The van der Waals surface area contributed by atoms with Crippen molar-refractivity contribution in [1.82, 2.24) is 5.32 Å². The third kappa shape index (κ3) is 2.80. The first-order valence-electron chi connectivity index (χ1n) is 3.67. The van der Waals surface area contributed by atoms with Gasteiger partial charge in [0.2, 0.25) is 0 Å². The summed E-state index contributed by atoms with van der Waals surface area (Å²) in [4.78, 5) is 11.0. The second-order valence-electron chi connectivity index (χ2n) is 2.28. The van der Waals surface area contributed by atoms with Gasteiger partial charge in [0.25, 0.3) is 0 Å². The number of benzene rings is 1. The molecule has 4 heteroatoms. The highest BCUT2D eigenvalue weighted by Crippen LogP contribution is 2.19. The van der Waals surface area contributed by atoms with Crippen molar-refractivity contribution >= 4 is 23.3 Å². The summed E-state index contributed by atoms with van der Waals surface area (Å²) in [6.07, 6.45) is 1.30. The van der Waals surface area contributed by atoms with Gasteiger partial charge >= 0.3 is 6.03 Å². The van der Waals surface area contributed by atoms with Crippen molar-refractivity contribution in [2.24, 2.45) is 0 Å². The lowest BCUT2D eigenvalue weighted by atomic mass is 10.3. The molecule has 0 saturated heterocycles. The van der Waals surface area contributed by atoms with E-state index < -0.39 is 0 Å². The molecule has 0 aliphatic heterocycles. The largest absolute Gasteiger partial charge is 0.323 e. The summed E-state index contributed by atoms with van der Waals surface area (Å²) in [7, 11) is 0. The maximum absolute atomic E-state index is 11.0. The van der Waals surface area contributed by atoms with Crippen LogP contribution in [0.2, 0.25) is 5.02 Å². The Kier molecular flexibility index (Phi) is 3.34. The van der Waals surface area contributed by atoms with Gasteiger partial charge in [-0.25, -0.2) is 4.79 Å². The van der Waals surface area contributed by atoms with E-state index in [0.717, 1.165) is 0 Å². The number of nitrogens with one attached hydrogen (secondary N) is 2. The summed E-state index contributed by atoms with van der Waals surface area (Å²) in [6, 6.07) is 6.63. The number of hydrogen-bond donors (Lipinski definition) is 2. The number of carbonyl (C=O) groups excluding carboxylic acids is 1. The second kappa shape index (κ2) is 4.52. The molecule has 0 spiro atoms. The number of halogens is 1. The molecular weight excluding hydrogens is 188 g/mol. The van der Waals surface area contributed by atoms with Gasteiger partial charge in [0.05, 0.1) is 10.7 Å². The number of para-hydroxylation sites is 1. The van der Waals surface area contributed by atoms with Crippen LogP contribution in [0.25, 0.3) is 0 Å². The van der Waals surface area contributed by atoms with Gasteiger partial charge < -0.3 is 10.6 Å². The molecule has 0 aliphatic carbocycles. The van der Waals surface area contributed by atoms with Crippen molar-refractivity contribution in [2.45, 2.75) is 0 Å². The highest BCUT2D eigenvalue weighted by Gasteiger charge is 2.01. The van der Waals surface area contributed by atoms with Crippen molar-refractivity contribution < 1.29 is 4.79 Å². The molecule has 1 aromatic rings. The highest BCUT2D eigenvalue weighted by atomic mass is 35.5. The Morgan fingerprint density at radius 3 is 2.77 bits per heavy atom. The Bertz CT molecular complexity index is 325. The van der Waals surface area contributed by atoms with Crippen LogP contribution in [0.5, 0.6) is 0 Å². The molecule has 2 N–H and O–H groups in total. The quantitative estimate of drug-likeness (QED) is 0.750.